The van der Waals surface area contributed by atoms with Crippen molar-refractivity contribution in [3.8, 4) is 0 Å². The normalized spacial score (nSPS) is 12.0. The van der Waals surface area contributed by atoms with Crippen molar-refractivity contribution in [2.75, 3.05) is 7.11 Å². The van der Waals surface area contributed by atoms with Gasteiger partial charge in [0.05, 0.1) is 11.6 Å². The van der Waals surface area contributed by atoms with E-state index in [2.05, 4.69) is 18.8 Å². The Balaban J connectivity index is 2.98. The van der Waals surface area contributed by atoms with E-state index in [0.717, 1.165) is 23.5 Å². The van der Waals surface area contributed by atoms with Crippen molar-refractivity contribution in [1.29, 1.82) is 0 Å². The second kappa shape index (κ2) is 5.10. The average Bonchev–Trinajstić information content (AvgIpc) is 2.71. The molecule has 1 heterocycles. The maximum Gasteiger partial charge on any atom is 0.125 e. The highest BCUT2D eigenvalue weighted by Gasteiger charge is 2.31. The summed E-state index contributed by atoms with van der Waals surface area (Å²) in [7, 11) is 1.74. The van der Waals surface area contributed by atoms with Gasteiger partial charge in [-0.3, -0.25) is 0 Å². The fraction of sp³-hybridized carbons (Fsp3) is 0.700. The number of ether oxygens (including phenoxy) is 1. The van der Waals surface area contributed by atoms with Gasteiger partial charge in [0.2, 0.25) is 0 Å². The highest BCUT2D eigenvalue weighted by atomic mass is 35.5. The number of nitrogens with zero attached hydrogens (tertiary/aromatic N) is 1. The molecular weight excluding hydrogens is 218 g/mol. The molecule has 0 saturated heterocycles. The molecule has 0 aliphatic carbocycles. The zero-order chi connectivity index (χ0) is 10.6. The lowest BCUT2D eigenvalue weighted by atomic mass is 9.98. The van der Waals surface area contributed by atoms with Gasteiger partial charge >= 0.3 is 0 Å². The monoisotopic (exact) mass is 233 g/mol. The number of halogens is 1. The van der Waals surface area contributed by atoms with Crippen LogP contribution < -0.4 is 0 Å². The molecule has 0 saturated carbocycles. The molecule has 80 valence electrons. The molecular formula is C10H16ClNOS. The molecule has 14 heavy (non-hydrogen) atoms. The van der Waals surface area contributed by atoms with Crippen LogP contribution in [0, 0.1) is 0 Å². The first-order chi connectivity index (χ1) is 6.72. The summed E-state index contributed by atoms with van der Waals surface area (Å²) in [6, 6.07) is 0. The maximum atomic E-state index is 5.72. The van der Waals surface area contributed by atoms with Gasteiger partial charge in [-0.25, -0.2) is 4.98 Å². The number of rotatable bonds is 5. The fourth-order valence-corrected chi connectivity index (χ4v) is 2.87. The Morgan fingerprint density at radius 3 is 2.50 bits per heavy atom. The van der Waals surface area contributed by atoms with Gasteiger partial charge in [-0.15, -0.1) is 22.9 Å². The van der Waals surface area contributed by atoms with Crippen molar-refractivity contribution in [2.24, 2.45) is 0 Å². The second-order valence-electron chi connectivity index (χ2n) is 3.18. The zero-order valence-electron chi connectivity index (χ0n) is 8.84. The molecule has 0 radical (unpaired) electrons. The Kier molecular flexibility index (Phi) is 4.35. The smallest absolute Gasteiger partial charge is 0.125 e. The van der Waals surface area contributed by atoms with Crippen LogP contribution >= 0.6 is 22.9 Å². The van der Waals surface area contributed by atoms with E-state index in [1.807, 2.05) is 5.38 Å². The first-order valence-corrected chi connectivity index (χ1v) is 6.19. The summed E-state index contributed by atoms with van der Waals surface area (Å²) < 4.78 is 5.58. The molecule has 0 spiro atoms. The number of alkyl halides is 1. The van der Waals surface area contributed by atoms with Crippen LogP contribution in [0.5, 0.6) is 0 Å². The Hall–Kier alpha value is -0.120. The Morgan fingerprint density at radius 1 is 1.50 bits per heavy atom. The molecule has 0 fully saturated rings. The van der Waals surface area contributed by atoms with Crippen LogP contribution in [-0.4, -0.2) is 12.1 Å². The molecule has 0 aromatic carbocycles. The minimum Gasteiger partial charge on any atom is -0.371 e. The van der Waals surface area contributed by atoms with Crippen molar-refractivity contribution in [3.05, 3.63) is 16.1 Å². The third kappa shape index (κ3) is 2.10. The van der Waals surface area contributed by atoms with Crippen LogP contribution in [0.2, 0.25) is 0 Å². The van der Waals surface area contributed by atoms with Crippen molar-refractivity contribution in [1.82, 2.24) is 4.98 Å². The lowest BCUT2D eigenvalue weighted by molar-refractivity contribution is -0.0219. The lowest BCUT2D eigenvalue weighted by Gasteiger charge is -2.27. The van der Waals surface area contributed by atoms with Crippen LogP contribution in [-0.2, 0) is 16.2 Å². The first kappa shape index (κ1) is 12.0. The molecule has 0 bridgehead atoms. The van der Waals surface area contributed by atoms with E-state index in [9.17, 15) is 0 Å². The Bertz CT molecular complexity index is 275. The molecule has 1 rings (SSSR count). The molecule has 0 amide bonds. The molecule has 0 aliphatic rings. The van der Waals surface area contributed by atoms with E-state index < -0.39 is 0 Å². The summed E-state index contributed by atoms with van der Waals surface area (Å²) >= 11 is 7.36. The van der Waals surface area contributed by atoms with E-state index in [1.165, 1.54) is 0 Å². The first-order valence-electron chi connectivity index (χ1n) is 4.78. The van der Waals surface area contributed by atoms with Gasteiger partial charge in [0, 0.05) is 12.5 Å². The molecule has 1 aromatic heterocycles. The molecule has 0 aliphatic heterocycles. The van der Waals surface area contributed by atoms with Gasteiger partial charge in [0.1, 0.15) is 10.6 Å². The summed E-state index contributed by atoms with van der Waals surface area (Å²) in [6.45, 7) is 4.24. The van der Waals surface area contributed by atoms with E-state index in [1.54, 1.807) is 18.4 Å². The molecule has 0 N–H and O–H groups in total. The zero-order valence-corrected chi connectivity index (χ0v) is 10.4. The highest BCUT2D eigenvalue weighted by Crippen LogP contribution is 2.34. The van der Waals surface area contributed by atoms with Crippen LogP contribution in [0.3, 0.4) is 0 Å². The predicted octanol–water partition coefficient (Wildman–Crippen LogP) is 3.54. The predicted molar refractivity (Wildman–Crippen MR) is 60.9 cm³/mol. The largest absolute Gasteiger partial charge is 0.371 e. The van der Waals surface area contributed by atoms with Crippen LogP contribution in [0.15, 0.2) is 5.38 Å². The SMILES string of the molecule is CCC(CC)(OC)c1nc(CCl)cs1. The quantitative estimate of drug-likeness (QED) is 0.726. The van der Waals surface area contributed by atoms with E-state index in [-0.39, 0.29) is 5.60 Å². The van der Waals surface area contributed by atoms with Crippen molar-refractivity contribution in [2.45, 2.75) is 38.2 Å². The third-order valence-electron chi connectivity index (χ3n) is 2.61. The van der Waals surface area contributed by atoms with Crippen molar-refractivity contribution in [3.63, 3.8) is 0 Å². The Morgan fingerprint density at radius 2 is 2.14 bits per heavy atom. The molecule has 2 nitrogen and oxygen atoms in total. The number of aromatic nitrogens is 1. The second-order valence-corrected chi connectivity index (χ2v) is 4.31. The minimum atomic E-state index is -0.213. The summed E-state index contributed by atoms with van der Waals surface area (Å²) in [6.07, 6.45) is 1.88. The molecule has 4 heteroatoms. The van der Waals surface area contributed by atoms with E-state index in [4.69, 9.17) is 16.3 Å². The van der Waals surface area contributed by atoms with Crippen LogP contribution in [0.4, 0.5) is 0 Å². The molecule has 0 atom stereocenters. The summed E-state index contributed by atoms with van der Waals surface area (Å²) in [5, 5.41) is 3.04. The average molecular weight is 234 g/mol. The van der Waals surface area contributed by atoms with Gasteiger partial charge in [0.15, 0.2) is 0 Å². The van der Waals surface area contributed by atoms with Gasteiger partial charge in [-0.1, -0.05) is 13.8 Å². The van der Waals surface area contributed by atoms with E-state index >= 15 is 0 Å². The standard InChI is InChI=1S/C10H16ClNOS/c1-4-10(5-2,13-3)9-12-8(6-11)7-14-9/h7H,4-6H2,1-3H3. The van der Waals surface area contributed by atoms with Crippen molar-refractivity contribution >= 4 is 22.9 Å². The van der Waals surface area contributed by atoms with Gasteiger partial charge in [0.25, 0.3) is 0 Å². The minimum absolute atomic E-state index is 0.213. The van der Waals surface area contributed by atoms with Crippen LogP contribution in [0.25, 0.3) is 0 Å². The number of hydrogen-bond donors (Lipinski definition) is 0. The van der Waals surface area contributed by atoms with Gasteiger partial charge in [-0.05, 0) is 12.8 Å². The van der Waals surface area contributed by atoms with E-state index in [0.29, 0.717) is 5.88 Å². The van der Waals surface area contributed by atoms with Crippen molar-refractivity contribution < 1.29 is 4.74 Å². The highest BCUT2D eigenvalue weighted by molar-refractivity contribution is 7.09. The fourth-order valence-electron chi connectivity index (χ4n) is 1.51. The third-order valence-corrected chi connectivity index (χ3v) is 3.96. The summed E-state index contributed by atoms with van der Waals surface area (Å²) in [5.41, 5.74) is 0.726. The topological polar surface area (TPSA) is 22.1 Å². The van der Waals surface area contributed by atoms with Crippen LogP contribution in [0.1, 0.15) is 37.4 Å². The summed E-state index contributed by atoms with van der Waals surface area (Å²) in [4.78, 5) is 4.48. The van der Waals surface area contributed by atoms with Gasteiger partial charge < -0.3 is 4.74 Å². The number of methoxy groups -OCH3 is 1. The number of hydrogen-bond acceptors (Lipinski definition) is 3. The molecule has 0 unspecified atom stereocenters. The summed E-state index contributed by atoms with van der Waals surface area (Å²) in [5.74, 6) is 0.476. The Labute approximate surface area is 94.3 Å². The van der Waals surface area contributed by atoms with Gasteiger partial charge in [-0.2, -0.15) is 0 Å². The number of thiazole rings is 1. The lowest BCUT2D eigenvalue weighted by Crippen LogP contribution is -2.26. The molecule has 1 aromatic rings. The maximum absolute atomic E-state index is 5.72.